The molecule has 4 rings (SSSR count). The predicted molar refractivity (Wildman–Crippen MR) is 130 cm³/mol. The van der Waals surface area contributed by atoms with E-state index in [-0.39, 0.29) is 17.3 Å². The second-order valence-electron chi connectivity index (χ2n) is 6.97. The molecule has 166 valence electrons. The van der Waals surface area contributed by atoms with E-state index in [0.717, 1.165) is 9.13 Å². The highest BCUT2D eigenvalue weighted by molar-refractivity contribution is 14.1. The third-order valence-electron chi connectivity index (χ3n) is 4.72. The van der Waals surface area contributed by atoms with E-state index in [1.807, 2.05) is 24.3 Å². The van der Waals surface area contributed by atoms with Crippen LogP contribution in [0.5, 0.6) is 11.5 Å². The number of carbonyl (C=O) groups is 1. The van der Waals surface area contributed by atoms with Crippen molar-refractivity contribution >= 4 is 46.2 Å². The summed E-state index contributed by atoms with van der Waals surface area (Å²) in [6, 6.07) is 18.9. The highest BCUT2D eigenvalue weighted by Gasteiger charge is 2.24. The van der Waals surface area contributed by atoms with E-state index in [0.29, 0.717) is 29.2 Å². The first-order valence-electron chi connectivity index (χ1n) is 9.75. The van der Waals surface area contributed by atoms with Crippen molar-refractivity contribution in [3.8, 4) is 11.5 Å². The topological polar surface area (TPSA) is 100 Å². The zero-order chi connectivity index (χ0) is 23.4. The Morgan fingerprint density at radius 2 is 1.88 bits per heavy atom. The Morgan fingerprint density at radius 3 is 2.58 bits per heavy atom. The Hall–Kier alpha value is -3.73. The standard InChI is InChI=1S/C24H17IN2O6/c1-31-22-13-15(5-10-21(22)32-14-16-3-2-4-18(25)11-16)12-20-24(28)33-23(26-20)17-6-8-19(9-7-17)27(29)30/h2-13H,14H2,1H3/b20-12-. The summed E-state index contributed by atoms with van der Waals surface area (Å²) in [7, 11) is 1.54. The highest BCUT2D eigenvalue weighted by Crippen LogP contribution is 2.30. The van der Waals surface area contributed by atoms with Gasteiger partial charge in [0.15, 0.2) is 17.2 Å². The molecular weight excluding hydrogens is 539 g/mol. The number of hydrogen-bond donors (Lipinski definition) is 0. The van der Waals surface area contributed by atoms with Gasteiger partial charge >= 0.3 is 5.97 Å². The lowest BCUT2D eigenvalue weighted by atomic mass is 10.1. The van der Waals surface area contributed by atoms with Gasteiger partial charge in [0.25, 0.3) is 5.69 Å². The van der Waals surface area contributed by atoms with Crippen molar-refractivity contribution in [3.05, 3.63) is 103 Å². The molecule has 8 nitrogen and oxygen atoms in total. The lowest BCUT2D eigenvalue weighted by molar-refractivity contribution is -0.384. The van der Waals surface area contributed by atoms with Gasteiger partial charge in [-0.05, 0) is 76.2 Å². The molecule has 33 heavy (non-hydrogen) atoms. The quantitative estimate of drug-likeness (QED) is 0.132. The summed E-state index contributed by atoms with van der Waals surface area (Å²) >= 11 is 2.25. The number of non-ortho nitro benzene ring substituents is 1. The second-order valence-corrected chi connectivity index (χ2v) is 8.21. The Kier molecular flexibility index (Phi) is 6.68. The Balaban J connectivity index is 1.53. The van der Waals surface area contributed by atoms with Gasteiger partial charge in [-0.2, -0.15) is 0 Å². The molecule has 0 spiro atoms. The maximum atomic E-state index is 12.3. The molecule has 0 aromatic heterocycles. The first-order chi connectivity index (χ1) is 15.9. The van der Waals surface area contributed by atoms with E-state index in [1.165, 1.54) is 24.3 Å². The molecule has 0 atom stereocenters. The van der Waals surface area contributed by atoms with Gasteiger partial charge in [0.05, 0.1) is 12.0 Å². The van der Waals surface area contributed by atoms with Gasteiger partial charge in [0.1, 0.15) is 6.61 Å². The van der Waals surface area contributed by atoms with E-state index in [9.17, 15) is 14.9 Å². The van der Waals surface area contributed by atoms with Crippen molar-refractivity contribution in [3.63, 3.8) is 0 Å². The van der Waals surface area contributed by atoms with E-state index in [1.54, 1.807) is 31.4 Å². The number of benzene rings is 3. The molecule has 0 unspecified atom stereocenters. The number of nitro groups is 1. The van der Waals surface area contributed by atoms with Crippen molar-refractivity contribution in [2.24, 2.45) is 4.99 Å². The van der Waals surface area contributed by atoms with Crippen LogP contribution in [-0.4, -0.2) is 23.9 Å². The average molecular weight is 556 g/mol. The first kappa shape index (κ1) is 22.5. The molecule has 0 radical (unpaired) electrons. The van der Waals surface area contributed by atoms with Crippen LogP contribution in [0.2, 0.25) is 0 Å². The molecule has 0 amide bonds. The smallest absolute Gasteiger partial charge is 0.363 e. The number of aliphatic imine (C=N–C) groups is 1. The number of hydrogen-bond acceptors (Lipinski definition) is 7. The van der Waals surface area contributed by atoms with Crippen LogP contribution in [0.4, 0.5) is 5.69 Å². The van der Waals surface area contributed by atoms with Crippen LogP contribution >= 0.6 is 22.6 Å². The Labute approximate surface area is 202 Å². The maximum absolute atomic E-state index is 12.3. The minimum Gasteiger partial charge on any atom is -0.493 e. The number of cyclic esters (lactones) is 1. The van der Waals surface area contributed by atoms with Gasteiger partial charge in [0, 0.05) is 21.3 Å². The molecule has 0 fully saturated rings. The van der Waals surface area contributed by atoms with Gasteiger partial charge in [-0.25, -0.2) is 9.79 Å². The summed E-state index contributed by atoms with van der Waals surface area (Å²) in [4.78, 5) is 26.8. The highest BCUT2D eigenvalue weighted by atomic mass is 127. The minimum atomic E-state index is -0.610. The van der Waals surface area contributed by atoms with Crippen LogP contribution in [0.25, 0.3) is 6.08 Å². The number of nitrogens with zero attached hydrogens (tertiary/aromatic N) is 2. The number of carbonyl (C=O) groups excluding carboxylic acids is 1. The summed E-state index contributed by atoms with van der Waals surface area (Å²) in [5.41, 5.74) is 2.23. The molecule has 0 saturated carbocycles. The van der Waals surface area contributed by atoms with Crippen molar-refractivity contribution < 1.29 is 23.9 Å². The van der Waals surface area contributed by atoms with Crippen LogP contribution in [0.1, 0.15) is 16.7 Å². The minimum absolute atomic E-state index is 0.0594. The normalized spacial score (nSPS) is 14.1. The average Bonchev–Trinajstić information content (AvgIpc) is 3.18. The fourth-order valence-corrected chi connectivity index (χ4v) is 3.70. The molecule has 3 aromatic carbocycles. The molecule has 3 aromatic rings. The summed E-state index contributed by atoms with van der Waals surface area (Å²) in [5, 5.41) is 10.8. The van der Waals surface area contributed by atoms with Gasteiger partial charge in [-0.1, -0.05) is 18.2 Å². The number of methoxy groups -OCH3 is 1. The number of esters is 1. The SMILES string of the molecule is COc1cc(/C=C2\N=C(c3ccc([N+](=O)[O-])cc3)OC2=O)ccc1OCc1cccc(I)c1. The van der Waals surface area contributed by atoms with Crippen LogP contribution in [-0.2, 0) is 16.1 Å². The molecule has 1 aliphatic heterocycles. The van der Waals surface area contributed by atoms with Crippen LogP contribution in [0, 0.1) is 13.7 Å². The summed E-state index contributed by atoms with van der Waals surface area (Å²) in [6.45, 7) is 0.392. The number of halogens is 1. The zero-order valence-corrected chi connectivity index (χ0v) is 19.5. The van der Waals surface area contributed by atoms with Crippen LogP contribution in [0.15, 0.2) is 77.4 Å². The van der Waals surface area contributed by atoms with Crippen molar-refractivity contribution in [1.82, 2.24) is 0 Å². The predicted octanol–water partition coefficient (Wildman–Crippen LogP) is 5.13. The molecular formula is C24H17IN2O6. The fraction of sp³-hybridized carbons (Fsp3) is 0.0833. The number of ether oxygens (including phenoxy) is 3. The number of nitro benzene ring substituents is 1. The third-order valence-corrected chi connectivity index (χ3v) is 5.39. The first-order valence-corrected chi connectivity index (χ1v) is 10.8. The molecule has 0 saturated heterocycles. The van der Waals surface area contributed by atoms with E-state index >= 15 is 0 Å². The number of rotatable bonds is 7. The largest absolute Gasteiger partial charge is 0.493 e. The second kappa shape index (κ2) is 9.82. The molecule has 0 aliphatic carbocycles. The van der Waals surface area contributed by atoms with Crippen molar-refractivity contribution in [2.45, 2.75) is 6.61 Å². The summed E-state index contributed by atoms with van der Waals surface area (Å²) in [6.07, 6.45) is 1.58. The molecule has 9 heteroatoms. The molecule has 0 bridgehead atoms. The van der Waals surface area contributed by atoms with Gasteiger partial charge in [0.2, 0.25) is 5.90 Å². The van der Waals surface area contributed by atoms with Crippen molar-refractivity contribution in [2.75, 3.05) is 7.11 Å². The van der Waals surface area contributed by atoms with E-state index in [2.05, 4.69) is 27.6 Å². The van der Waals surface area contributed by atoms with Gasteiger partial charge in [-0.3, -0.25) is 10.1 Å². The van der Waals surface area contributed by atoms with E-state index < -0.39 is 10.9 Å². The van der Waals surface area contributed by atoms with Crippen LogP contribution < -0.4 is 9.47 Å². The molecule has 1 aliphatic rings. The van der Waals surface area contributed by atoms with Crippen molar-refractivity contribution in [1.29, 1.82) is 0 Å². The maximum Gasteiger partial charge on any atom is 0.363 e. The lowest BCUT2D eigenvalue weighted by Crippen LogP contribution is -2.05. The fourth-order valence-electron chi connectivity index (χ4n) is 3.10. The summed E-state index contributed by atoms with van der Waals surface area (Å²) < 4.78 is 17.7. The Bertz CT molecular complexity index is 1280. The lowest BCUT2D eigenvalue weighted by Gasteiger charge is -2.11. The third kappa shape index (κ3) is 5.37. The molecule has 0 N–H and O–H groups in total. The Morgan fingerprint density at radius 1 is 1.09 bits per heavy atom. The molecule has 1 heterocycles. The van der Waals surface area contributed by atoms with Gasteiger partial charge in [-0.15, -0.1) is 0 Å². The monoisotopic (exact) mass is 556 g/mol. The summed E-state index contributed by atoms with van der Waals surface area (Å²) in [5.74, 6) is 0.565. The van der Waals surface area contributed by atoms with Crippen LogP contribution in [0.3, 0.4) is 0 Å². The van der Waals surface area contributed by atoms with Gasteiger partial charge < -0.3 is 14.2 Å². The van der Waals surface area contributed by atoms with E-state index in [4.69, 9.17) is 14.2 Å². The zero-order valence-electron chi connectivity index (χ0n) is 17.4.